The second-order valence-electron chi connectivity index (χ2n) is 7.10. The van der Waals surface area contributed by atoms with Crippen LogP contribution in [0.1, 0.15) is 23.1 Å². The molecule has 0 aromatic heterocycles. The summed E-state index contributed by atoms with van der Waals surface area (Å²) >= 11 is 0. The third-order valence-corrected chi connectivity index (χ3v) is 4.78. The maximum absolute atomic E-state index is 12.4. The number of carbonyl (C=O) groups is 1. The van der Waals surface area contributed by atoms with Crippen molar-refractivity contribution in [3.8, 4) is 5.75 Å². The second kappa shape index (κ2) is 10.3. The minimum Gasteiger partial charge on any atom is -0.491 e. The van der Waals surface area contributed by atoms with Crippen LogP contribution in [-0.2, 0) is 11.2 Å². The van der Waals surface area contributed by atoms with Crippen molar-refractivity contribution in [1.82, 2.24) is 0 Å². The fourth-order valence-electron chi connectivity index (χ4n) is 3.21. The molecule has 0 unspecified atom stereocenters. The number of aryl methyl sites for hydroxylation is 3. The summed E-state index contributed by atoms with van der Waals surface area (Å²) < 4.78 is 5.95. The van der Waals surface area contributed by atoms with E-state index in [0.717, 1.165) is 41.1 Å². The van der Waals surface area contributed by atoms with E-state index in [-0.39, 0.29) is 12.5 Å². The largest absolute Gasteiger partial charge is 0.491 e. The van der Waals surface area contributed by atoms with Crippen LogP contribution in [0.3, 0.4) is 0 Å². The van der Waals surface area contributed by atoms with E-state index in [0.29, 0.717) is 6.61 Å². The summed E-state index contributed by atoms with van der Waals surface area (Å²) in [4.78, 5) is 12.4. The Labute approximate surface area is 172 Å². The van der Waals surface area contributed by atoms with Gasteiger partial charge in [0.05, 0.1) is 18.8 Å². The van der Waals surface area contributed by atoms with Gasteiger partial charge in [0, 0.05) is 5.69 Å². The lowest BCUT2D eigenvalue weighted by atomic mass is 10.1. The van der Waals surface area contributed by atoms with Gasteiger partial charge in [0.25, 0.3) is 0 Å². The zero-order chi connectivity index (χ0) is 20.5. The third-order valence-electron chi connectivity index (χ3n) is 4.78. The molecule has 1 amide bonds. The van der Waals surface area contributed by atoms with Crippen molar-refractivity contribution in [2.24, 2.45) is 0 Å². The van der Waals surface area contributed by atoms with Crippen molar-refractivity contribution in [2.75, 3.05) is 23.8 Å². The summed E-state index contributed by atoms with van der Waals surface area (Å²) in [6.07, 6.45) is 1.92. The Bertz CT molecular complexity index is 918. The van der Waals surface area contributed by atoms with Crippen molar-refractivity contribution in [2.45, 2.75) is 26.7 Å². The van der Waals surface area contributed by atoms with Gasteiger partial charge in [-0.1, -0.05) is 60.7 Å². The maximum atomic E-state index is 12.4. The predicted molar refractivity (Wildman–Crippen MR) is 120 cm³/mol. The molecule has 2 N–H and O–H groups in total. The monoisotopic (exact) mass is 388 g/mol. The van der Waals surface area contributed by atoms with E-state index in [1.807, 2.05) is 62.4 Å². The lowest BCUT2D eigenvalue weighted by Gasteiger charge is -2.15. The lowest BCUT2D eigenvalue weighted by Crippen LogP contribution is -2.23. The van der Waals surface area contributed by atoms with Gasteiger partial charge in [0.2, 0.25) is 5.91 Å². The molecule has 0 aliphatic rings. The van der Waals surface area contributed by atoms with Gasteiger partial charge < -0.3 is 15.4 Å². The molecule has 3 rings (SSSR count). The molecule has 0 bridgehead atoms. The van der Waals surface area contributed by atoms with Crippen molar-refractivity contribution in [3.05, 3.63) is 89.5 Å². The first-order valence-electron chi connectivity index (χ1n) is 9.99. The van der Waals surface area contributed by atoms with Crippen LogP contribution < -0.4 is 15.4 Å². The highest BCUT2D eigenvalue weighted by Gasteiger charge is 2.09. The van der Waals surface area contributed by atoms with Crippen LogP contribution >= 0.6 is 0 Å². The van der Waals surface area contributed by atoms with Crippen molar-refractivity contribution < 1.29 is 9.53 Å². The molecule has 29 heavy (non-hydrogen) atoms. The van der Waals surface area contributed by atoms with E-state index >= 15 is 0 Å². The Kier molecular flexibility index (Phi) is 7.28. The third kappa shape index (κ3) is 6.11. The van der Waals surface area contributed by atoms with Gasteiger partial charge in [-0.05, 0) is 55.5 Å². The van der Waals surface area contributed by atoms with Gasteiger partial charge in [0.1, 0.15) is 5.75 Å². The first kappa shape index (κ1) is 20.5. The van der Waals surface area contributed by atoms with Crippen LogP contribution in [0.15, 0.2) is 72.8 Å². The number of rotatable bonds is 9. The maximum Gasteiger partial charge on any atom is 0.243 e. The number of benzene rings is 3. The summed E-state index contributed by atoms with van der Waals surface area (Å²) in [5, 5.41) is 6.19. The molecule has 0 saturated carbocycles. The average molecular weight is 389 g/mol. The number of ether oxygens (including phenoxy) is 1. The highest BCUT2D eigenvalue weighted by atomic mass is 16.5. The number of para-hydroxylation sites is 3. The fraction of sp³-hybridized carbons (Fsp3) is 0.240. The summed E-state index contributed by atoms with van der Waals surface area (Å²) in [5.74, 6) is 0.682. The van der Waals surface area contributed by atoms with Crippen LogP contribution in [0.4, 0.5) is 11.4 Å². The molecule has 0 radical (unpaired) electrons. The van der Waals surface area contributed by atoms with Crippen molar-refractivity contribution in [1.29, 1.82) is 0 Å². The minimum atomic E-state index is -0.0821. The number of carbonyl (C=O) groups excluding carboxylic acids is 1. The van der Waals surface area contributed by atoms with Gasteiger partial charge in [-0.2, -0.15) is 0 Å². The summed E-state index contributed by atoms with van der Waals surface area (Å²) in [5.41, 5.74) is 5.13. The topological polar surface area (TPSA) is 50.4 Å². The molecule has 4 heteroatoms. The highest BCUT2D eigenvalue weighted by molar-refractivity contribution is 5.95. The molecular formula is C25H28N2O2. The molecule has 4 nitrogen and oxygen atoms in total. The quantitative estimate of drug-likeness (QED) is 0.485. The van der Waals surface area contributed by atoms with Crippen LogP contribution in [0, 0.1) is 13.8 Å². The normalized spacial score (nSPS) is 10.4. The van der Waals surface area contributed by atoms with Crippen molar-refractivity contribution >= 4 is 17.3 Å². The number of amides is 1. The van der Waals surface area contributed by atoms with Gasteiger partial charge in [-0.3, -0.25) is 4.79 Å². The molecule has 0 saturated heterocycles. The molecule has 3 aromatic carbocycles. The van der Waals surface area contributed by atoms with E-state index in [2.05, 4.69) is 34.9 Å². The number of hydrogen-bond acceptors (Lipinski definition) is 3. The molecule has 0 spiro atoms. The Morgan fingerprint density at radius 3 is 2.31 bits per heavy atom. The zero-order valence-corrected chi connectivity index (χ0v) is 17.1. The molecule has 0 fully saturated rings. The molecule has 150 valence electrons. The highest BCUT2D eigenvalue weighted by Crippen LogP contribution is 2.24. The van der Waals surface area contributed by atoms with E-state index in [9.17, 15) is 4.79 Å². The smallest absolute Gasteiger partial charge is 0.243 e. The first-order valence-corrected chi connectivity index (χ1v) is 9.99. The lowest BCUT2D eigenvalue weighted by molar-refractivity contribution is -0.114. The average Bonchev–Trinajstić information content (AvgIpc) is 2.74. The molecule has 0 heterocycles. The number of anilines is 2. The van der Waals surface area contributed by atoms with Crippen LogP contribution in [0.5, 0.6) is 5.75 Å². The van der Waals surface area contributed by atoms with Crippen molar-refractivity contribution in [3.63, 3.8) is 0 Å². The van der Waals surface area contributed by atoms with Gasteiger partial charge >= 0.3 is 0 Å². The Balaban J connectivity index is 1.50. The fourth-order valence-corrected chi connectivity index (χ4v) is 3.21. The first-order chi connectivity index (χ1) is 14.1. The minimum absolute atomic E-state index is 0.0821. The second-order valence-corrected chi connectivity index (χ2v) is 7.10. The van der Waals surface area contributed by atoms with E-state index in [1.165, 1.54) is 5.56 Å². The Morgan fingerprint density at radius 1 is 0.862 bits per heavy atom. The summed E-state index contributed by atoms with van der Waals surface area (Å²) in [6, 6.07) is 24.1. The summed E-state index contributed by atoms with van der Waals surface area (Å²) in [6.45, 7) is 4.80. The molecule has 0 aliphatic heterocycles. The number of nitrogens with one attached hydrogen (secondary N) is 2. The SMILES string of the molecule is Cc1cccc(C)c1NC(=O)CNc1ccccc1OCCCc1ccccc1. The van der Waals surface area contributed by atoms with E-state index in [4.69, 9.17) is 4.74 Å². The predicted octanol–water partition coefficient (Wildman–Crippen LogP) is 5.37. The van der Waals surface area contributed by atoms with Crippen LogP contribution in [-0.4, -0.2) is 19.1 Å². The zero-order valence-electron chi connectivity index (χ0n) is 17.1. The summed E-state index contributed by atoms with van der Waals surface area (Å²) in [7, 11) is 0. The van der Waals surface area contributed by atoms with E-state index < -0.39 is 0 Å². The Morgan fingerprint density at radius 2 is 1.55 bits per heavy atom. The molecule has 3 aromatic rings. The molecule has 0 atom stereocenters. The van der Waals surface area contributed by atoms with Gasteiger partial charge in [0.15, 0.2) is 0 Å². The van der Waals surface area contributed by atoms with Crippen LogP contribution in [0.25, 0.3) is 0 Å². The van der Waals surface area contributed by atoms with E-state index in [1.54, 1.807) is 0 Å². The molecular weight excluding hydrogens is 360 g/mol. The Hall–Kier alpha value is -3.27. The van der Waals surface area contributed by atoms with Crippen LogP contribution in [0.2, 0.25) is 0 Å². The number of hydrogen-bond donors (Lipinski definition) is 2. The van der Waals surface area contributed by atoms with Gasteiger partial charge in [-0.15, -0.1) is 0 Å². The standard InChI is InChI=1S/C25H28N2O2/c1-19-10-8-11-20(2)25(19)27-24(28)18-26-22-15-6-7-16-23(22)29-17-9-14-21-12-4-3-5-13-21/h3-8,10-13,15-16,26H,9,14,17-18H2,1-2H3,(H,27,28). The molecule has 0 aliphatic carbocycles. The van der Waals surface area contributed by atoms with Gasteiger partial charge in [-0.25, -0.2) is 0 Å².